The van der Waals surface area contributed by atoms with Gasteiger partial charge in [0.1, 0.15) is 12.4 Å². The lowest BCUT2D eigenvalue weighted by atomic mass is 10.2. The molecule has 0 saturated heterocycles. The minimum atomic E-state index is -0.932. The lowest BCUT2D eigenvalue weighted by molar-refractivity contribution is 0.0696. The molecule has 0 aliphatic heterocycles. The number of carboxylic acids is 1. The first kappa shape index (κ1) is 16.9. The van der Waals surface area contributed by atoms with E-state index in [-0.39, 0.29) is 5.56 Å². The van der Waals surface area contributed by atoms with E-state index in [2.05, 4.69) is 25.1 Å². The molecule has 0 amide bonds. The molecule has 0 saturated carbocycles. The van der Waals surface area contributed by atoms with Gasteiger partial charge in [0.2, 0.25) is 0 Å². The lowest BCUT2D eigenvalue weighted by Gasteiger charge is -2.24. The zero-order valence-electron chi connectivity index (χ0n) is 12.3. The van der Waals surface area contributed by atoms with Gasteiger partial charge in [0, 0.05) is 12.6 Å². The fourth-order valence-electron chi connectivity index (χ4n) is 1.76. The fourth-order valence-corrected chi connectivity index (χ4v) is 2.33. The van der Waals surface area contributed by atoms with Gasteiger partial charge in [-0.2, -0.15) is 11.8 Å². The maximum Gasteiger partial charge on any atom is 0.335 e. The maximum absolute atomic E-state index is 10.9. The van der Waals surface area contributed by atoms with Gasteiger partial charge in [-0.05, 0) is 50.6 Å². The Morgan fingerprint density at radius 3 is 2.90 bits per heavy atom. The monoisotopic (exact) mass is 297 g/mol. The summed E-state index contributed by atoms with van der Waals surface area (Å²) in [5.74, 6) is 0.834. The number of benzene rings is 1. The molecule has 0 spiro atoms. The van der Waals surface area contributed by atoms with Crippen LogP contribution < -0.4 is 4.74 Å². The highest BCUT2D eigenvalue weighted by atomic mass is 32.2. The van der Waals surface area contributed by atoms with Crippen LogP contribution in [-0.2, 0) is 0 Å². The quantitative estimate of drug-likeness (QED) is 0.759. The second kappa shape index (κ2) is 8.87. The van der Waals surface area contributed by atoms with Crippen molar-refractivity contribution >= 4 is 17.7 Å². The summed E-state index contributed by atoms with van der Waals surface area (Å²) < 4.78 is 5.61. The van der Waals surface area contributed by atoms with Crippen molar-refractivity contribution in [1.29, 1.82) is 0 Å². The molecule has 1 unspecified atom stereocenters. The average molecular weight is 297 g/mol. The average Bonchev–Trinajstić information content (AvgIpc) is 2.44. The number of aromatic carboxylic acids is 1. The van der Waals surface area contributed by atoms with E-state index in [9.17, 15) is 4.79 Å². The Kier molecular flexibility index (Phi) is 7.47. The van der Waals surface area contributed by atoms with Gasteiger partial charge in [-0.3, -0.25) is 0 Å². The number of carbonyl (C=O) groups is 1. The van der Waals surface area contributed by atoms with Crippen LogP contribution in [0.4, 0.5) is 0 Å². The van der Waals surface area contributed by atoms with Gasteiger partial charge < -0.3 is 14.7 Å². The molecule has 0 aromatic heterocycles. The topological polar surface area (TPSA) is 49.8 Å². The second-order valence-corrected chi connectivity index (χ2v) is 5.78. The van der Waals surface area contributed by atoms with E-state index in [1.165, 1.54) is 0 Å². The summed E-state index contributed by atoms with van der Waals surface area (Å²) in [7, 11) is 2.09. The van der Waals surface area contributed by atoms with Crippen LogP contribution in [-0.4, -0.2) is 54.2 Å². The van der Waals surface area contributed by atoms with Crippen molar-refractivity contribution in [2.45, 2.75) is 19.4 Å². The molecule has 1 atom stereocenters. The summed E-state index contributed by atoms with van der Waals surface area (Å²) in [5, 5.41) is 8.91. The van der Waals surface area contributed by atoms with E-state index in [0.717, 1.165) is 18.7 Å². The first-order valence-electron chi connectivity index (χ1n) is 6.70. The highest BCUT2D eigenvalue weighted by Crippen LogP contribution is 2.13. The van der Waals surface area contributed by atoms with Crippen LogP contribution >= 0.6 is 11.8 Å². The molecule has 5 heteroatoms. The molecule has 4 nitrogen and oxygen atoms in total. The van der Waals surface area contributed by atoms with E-state index in [1.54, 1.807) is 24.3 Å². The molecule has 0 bridgehead atoms. The van der Waals surface area contributed by atoms with Crippen LogP contribution in [0.1, 0.15) is 23.7 Å². The van der Waals surface area contributed by atoms with Gasteiger partial charge >= 0.3 is 5.97 Å². The number of ether oxygens (including phenoxy) is 1. The highest BCUT2D eigenvalue weighted by Gasteiger charge is 2.09. The van der Waals surface area contributed by atoms with Gasteiger partial charge in [0.15, 0.2) is 0 Å². The summed E-state index contributed by atoms with van der Waals surface area (Å²) in [6.07, 6.45) is 3.28. The normalized spacial score (nSPS) is 12.4. The minimum Gasteiger partial charge on any atom is -0.492 e. The third-order valence-corrected chi connectivity index (χ3v) is 3.93. The number of hydrogen-bond acceptors (Lipinski definition) is 4. The first-order chi connectivity index (χ1) is 9.54. The molecule has 0 aliphatic rings. The lowest BCUT2D eigenvalue weighted by Crippen LogP contribution is -2.33. The third-order valence-electron chi connectivity index (χ3n) is 3.29. The van der Waals surface area contributed by atoms with Gasteiger partial charge in [-0.1, -0.05) is 6.07 Å². The predicted octanol–water partition coefficient (Wildman–Crippen LogP) is 2.84. The Morgan fingerprint density at radius 2 is 2.25 bits per heavy atom. The fraction of sp³-hybridized carbons (Fsp3) is 0.533. The van der Waals surface area contributed by atoms with Crippen molar-refractivity contribution in [3.8, 4) is 5.75 Å². The van der Waals surface area contributed by atoms with Crippen molar-refractivity contribution in [3.05, 3.63) is 29.8 Å². The standard InChI is InChI=1S/C15H23NO3S/c1-12(7-10-20-3)16(2)8-9-19-14-6-4-5-13(11-14)15(17)18/h4-6,11-12H,7-10H2,1-3H3,(H,17,18). The van der Waals surface area contributed by atoms with Crippen molar-refractivity contribution in [1.82, 2.24) is 4.90 Å². The van der Waals surface area contributed by atoms with Gasteiger partial charge in [-0.15, -0.1) is 0 Å². The van der Waals surface area contributed by atoms with E-state index in [0.29, 0.717) is 18.4 Å². The molecule has 1 aromatic carbocycles. The SMILES string of the molecule is CSCCC(C)N(C)CCOc1cccc(C(=O)O)c1. The zero-order chi connectivity index (χ0) is 15.0. The van der Waals surface area contributed by atoms with E-state index < -0.39 is 5.97 Å². The van der Waals surface area contributed by atoms with Crippen molar-refractivity contribution in [3.63, 3.8) is 0 Å². The van der Waals surface area contributed by atoms with E-state index >= 15 is 0 Å². The summed E-state index contributed by atoms with van der Waals surface area (Å²) in [5.41, 5.74) is 0.254. The minimum absolute atomic E-state index is 0.254. The molecule has 1 rings (SSSR count). The molecule has 20 heavy (non-hydrogen) atoms. The van der Waals surface area contributed by atoms with Crippen LogP contribution in [0.15, 0.2) is 24.3 Å². The van der Waals surface area contributed by atoms with E-state index in [4.69, 9.17) is 9.84 Å². The number of nitrogens with zero attached hydrogens (tertiary/aromatic N) is 1. The van der Waals surface area contributed by atoms with Crippen LogP contribution in [0.2, 0.25) is 0 Å². The molecular weight excluding hydrogens is 274 g/mol. The molecule has 1 N–H and O–H groups in total. The Morgan fingerprint density at radius 1 is 1.50 bits per heavy atom. The van der Waals surface area contributed by atoms with Crippen LogP contribution in [0.5, 0.6) is 5.75 Å². The summed E-state index contributed by atoms with van der Waals surface area (Å²) in [6, 6.07) is 7.12. The molecule has 1 aromatic rings. The number of likely N-dealkylation sites (N-methyl/N-ethyl adjacent to an activating group) is 1. The molecule has 0 fully saturated rings. The number of rotatable bonds is 9. The van der Waals surface area contributed by atoms with Gasteiger partial charge in [0.05, 0.1) is 5.56 Å². The van der Waals surface area contributed by atoms with Gasteiger partial charge in [-0.25, -0.2) is 4.79 Å². The van der Waals surface area contributed by atoms with Crippen LogP contribution in [0.3, 0.4) is 0 Å². The largest absolute Gasteiger partial charge is 0.492 e. The van der Waals surface area contributed by atoms with Crippen molar-refractivity contribution < 1.29 is 14.6 Å². The first-order valence-corrected chi connectivity index (χ1v) is 8.09. The smallest absolute Gasteiger partial charge is 0.335 e. The van der Waals surface area contributed by atoms with Gasteiger partial charge in [0.25, 0.3) is 0 Å². The number of thioether (sulfide) groups is 1. The summed E-state index contributed by atoms with van der Waals surface area (Å²) in [6.45, 7) is 3.59. The Bertz CT molecular complexity index is 425. The third kappa shape index (κ3) is 5.84. The Balaban J connectivity index is 2.36. The van der Waals surface area contributed by atoms with Crippen molar-refractivity contribution in [2.24, 2.45) is 0 Å². The zero-order valence-corrected chi connectivity index (χ0v) is 13.2. The molecule has 0 radical (unpaired) electrons. The van der Waals surface area contributed by atoms with Crippen molar-refractivity contribution in [2.75, 3.05) is 32.2 Å². The molecule has 0 heterocycles. The summed E-state index contributed by atoms with van der Waals surface area (Å²) >= 11 is 1.86. The van der Waals surface area contributed by atoms with Crippen LogP contribution in [0, 0.1) is 0 Å². The number of carboxylic acid groups (broad SMARTS) is 1. The van der Waals surface area contributed by atoms with E-state index in [1.807, 2.05) is 11.8 Å². The highest BCUT2D eigenvalue weighted by molar-refractivity contribution is 7.98. The predicted molar refractivity (Wildman–Crippen MR) is 84.0 cm³/mol. The maximum atomic E-state index is 10.9. The van der Waals surface area contributed by atoms with Crippen LogP contribution in [0.25, 0.3) is 0 Å². The number of hydrogen-bond donors (Lipinski definition) is 1. The Hall–Kier alpha value is -1.20. The summed E-state index contributed by atoms with van der Waals surface area (Å²) in [4.78, 5) is 13.1. The molecule has 112 valence electrons. The second-order valence-electron chi connectivity index (χ2n) is 4.79. The molecule has 0 aliphatic carbocycles. The Labute approximate surface area is 125 Å². The molecular formula is C15H23NO3S.